The van der Waals surface area contributed by atoms with Gasteiger partial charge in [-0.1, -0.05) is 35.5 Å². The SMILES string of the molecule is Cc1ccc(C(=O)CSc2nc(N)cc(=O)[nH]2)c(C)c1. The van der Waals surface area contributed by atoms with Crippen LogP contribution in [0.15, 0.2) is 34.2 Å². The number of carbonyl (C=O) groups excluding carboxylic acids is 1. The zero-order valence-electron chi connectivity index (χ0n) is 11.3. The van der Waals surface area contributed by atoms with Crippen LogP contribution in [0.5, 0.6) is 0 Å². The number of ketones is 1. The lowest BCUT2D eigenvalue weighted by Crippen LogP contribution is -2.11. The van der Waals surface area contributed by atoms with Crippen LogP contribution >= 0.6 is 11.8 Å². The normalized spacial score (nSPS) is 10.5. The molecule has 2 aromatic rings. The van der Waals surface area contributed by atoms with E-state index in [1.807, 2.05) is 32.0 Å². The fourth-order valence-corrected chi connectivity index (χ4v) is 2.63. The number of nitrogens with one attached hydrogen (secondary N) is 1. The Morgan fingerprint density at radius 2 is 2.10 bits per heavy atom. The molecule has 1 aromatic heterocycles. The first-order valence-corrected chi connectivity index (χ1v) is 7.04. The summed E-state index contributed by atoms with van der Waals surface area (Å²) in [6, 6.07) is 6.91. The van der Waals surface area contributed by atoms with E-state index >= 15 is 0 Å². The monoisotopic (exact) mass is 289 g/mol. The van der Waals surface area contributed by atoms with Crippen molar-refractivity contribution in [2.24, 2.45) is 0 Å². The van der Waals surface area contributed by atoms with Gasteiger partial charge in [0.2, 0.25) is 0 Å². The highest BCUT2D eigenvalue weighted by atomic mass is 32.2. The third-order valence-corrected chi connectivity index (χ3v) is 3.64. The van der Waals surface area contributed by atoms with E-state index in [4.69, 9.17) is 5.73 Å². The molecule has 3 N–H and O–H groups in total. The Kier molecular flexibility index (Phi) is 4.24. The summed E-state index contributed by atoms with van der Waals surface area (Å²) < 4.78 is 0. The van der Waals surface area contributed by atoms with Gasteiger partial charge in [-0.15, -0.1) is 0 Å². The van der Waals surface area contributed by atoms with Crippen molar-refractivity contribution < 1.29 is 4.79 Å². The number of Topliss-reactive ketones (excluding diaryl/α,β-unsaturated/α-hetero) is 1. The topological polar surface area (TPSA) is 88.8 Å². The van der Waals surface area contributed by atoms with Crippen molar-refractivity contribution in [3.63, 3.8) is 0 Å². The zero-order chi connectivity index (χ0) is 14.7. The highest BCUT2D eigenvalue weighted by Gasteiger charge is 2.10. The Morgan fingerprint density at radius 3 is 2.75 bits per heavy atom. The number of hydrogen-bond donors (Lipinski definition) is 2. The molecule has 6 heteroatoms. The first-order chi connectivity index (χ1) is 9.45. The number of rotatable bonds is 4. The minimum absolute atomic E-state index is 0.00225. The number of nitrogens with two attached hydrogens (primary N) is 1. The molecule has 0 aliphatic rings. The van der Waals surface area contributed by atoms with Crippen LogP contribution in [0.3, 0.4) is 0 Å². The van der Waals surface area contributed by atoms with Crippen molar-refractivity contribution in [1.82, 2.24) is 9.97 Å². The minimum Gasteiger partial charge on any atom is -0.383 e. The van der Waals surface area contributed by atoms with Crippen molar-refractivity contribution in [2.75, 3.05) is 11.5 Å². The molecule has 0 aliphatic carbocycles. The van der Waals surface area contributed by atoms with Gasteiger partial charge in [0.1, 0.15) is 5.82 Å². The van der Waals surface area contributed by atoms with E-state index < -0.39 is 0 Å². The Balaban J connectivity index is 2.10. The summed E-state index contributed by atoms with van der Waals surface area (Å²) in [4.78, 5) is 29.9. The summed E-state index contributed by atoms with van der Waals surface area (Å²) >= 11 is 1.17. The van der Waals surface area contributed by atoms with Gasteiger partial charge in [-0.25, -0.2) is 4.98 Å². The Labute approximate surface area is 120 Å². The van der Waals surface area contributed by atoms with Crippen LogP contribution in [0.25, 0.3) is 0 Å². The molecule has 0 bridgehead atoms. The standard InChI is InChI=1S/C14H15N3O2S/c1-8-3-4-10(9(2)5-8)11(18)7-20-14-16-12(15)6-13(19)17-14/h3-6H,7H2,1-2H3,(H3,15,16,17,19). The summed E-state index contributed by atoms with van der Waals surface area (Å²) in [7, 11) is 0. The lowest BCUT2D eigenvalue weighted by molar-refractivity contribution is 0.102. The van der Waals surface area contributed by atoms with E-state index in [0.29, 0.717) is 10.7 Å². The smallest absolute Gasteiger partial charge is 0.253 e. The van der Waals surface area contributed by atoms with Crippen molar-refractivity contribution in [3.8, 4) is 0 Å². The fraction of sp³-hybridized carbons (Fsp3) is 0.214. The van der Waals surface area contributed by atoms with Gasteiger partial charge in [0, 0.05) is 11.6 Å². The van der Waals surface area contributed by atoms with E-state index in [2.05, 4.69) is 9.97 Å². The summed E-state index contributed by atoms with van der Waals surface area (Å²) in [5, 5.41) is 0.355. The molecule has 1 heterocycles. The van der Waals surface area contributed by atoms with Gasteiger partial charge in [0.05, 0.1) is 5.75 Å². The van der Waals surface area contributed by atoms with Crippen LogP contribution in [0.1, 0.15) is 21.5 Å². The Hall–Kier alpha value is -2.08. The van der Waals surface area contributed by atoms with Crippen LogP contribution in [-0.4, -0.2) is 21.5 Å². The van der Waals surface area contributed by atoms with Crippen LogP contribution in [0, 0.1) is 13.8 Å². The molecule has 0 spiro atoms. The predicted octanol–water partition coefficient (Wildman–Crippen LogP) is 1.94. The maximum atomic E-state index is 12.1. The van der Waals surface area contributed by atoms with E-state index in [1.54, 1.807) is 0 Å². The summed E-state index contributed by atoms with van der Waals surface area (Å²) in [6.45, 7) is 3.89. The number of hydrogen-bond acceptors (Lipinski definition) is 5. The van der Waals surface area contributed by atoms with Gasteiger partial charge in [0.25, 0.3) is 5.56 Å². The molecule has 0 saturated heterocycles. The third-order valence-electron chi connectivity index (χ3n) is 2.76. The number of nitrogen functional groups attached to an aromatic ring is 1. The number of nitrogens with zero attached hydrogens (tertiary/aromatic N) is 1. The molecule has 1 aromatic carbocycles. The molecule has 0 aliphatic heterocycles. The number of aromatic amines is 1. The second-order valence-corrected chi connectivity index (χ2v) is 5.47. The van der Waals surface area contributed by atoms with Crippen molar-refractivity contribution in [1.29, 1.82) is 0 Å². The number of anilines is 1. The van der Waals surface area contributed by atoms with Gasteiger partial charge in [-0.05, 0) is 19.4 Å². The van der Waals surface area contributed by atoms with Gasteiger partial charge in [0.15, 0.2) is 10.9 Å². The molecule has 5 nitrogen and oxygen atoms in total. The van der Waals surface area contributed by atoms with Crippen LogP contribution in [-0.2, 0) is 0 Å². The number of carbonyl (C=O) groups is 1. The van der Waals surface area contributed by atoms with Crippen molar-refractivity contribution in [2.45, 2.75) is 19.0 Å². The van der Waals surface area contributed by atoms with Crippen LogP contribution in [0.4, 0.5) is 5.82 Å². The largest absolute Gasteiger partial charge is 0.383 e. The zero-order valence-corrected chi connectivity index (χ0v) is 12.1. The van der Waals surface area contributed by atoms with Gasteiger partial charge in [-0.3, -0.25) is 9.59 Å². The maximum Gasteiger partial charge on any atom is 0.253 e. The lowest BCUT2D eigenvalue weighted by atomic mass is 10.0. The summed E-state index contributed by atoms with van der Waals surface area (Å²) in [5.41, 5.74) is 7.92. The van der Waals surface area contributed by atoms with Crippen LogP contribution in [0.2, 0.25) is 0 Å². The van der Waals surface area contributed by atoms with Crippen molar-refractivity contribution >= 4 is 23.4 Å². The van der Waals surface area contributed by atoms with Crippen molar-refractivity contribution in [3.05, 3.63) is 51.3 Å². The Bertz CT molecular complexity index is 710. The number of thioether (sulfide) groups is 1. The average molecular weight is 289 g/mol. The molecular weight excluding hydrogens is 274 g/mol. The molecule has 0 radical (unpaired) electrons. The number of benzene rings is 1. The molecule has 0 fully saturated rings. The third kappa shape index (κ3) is 3.48. The number of H-pyrrole nitrogens is 1. The van der Waals surface area contributed by atoms with E-state index in [9.17, 15) is 9.59 Å². The minimum atomic E-state index is -0.320. The van der Waals surface area contributed by atoms with Gasteiger partial charge in [-0.2, -0.15) is 0 Å². The quantitative estimate of drug-likeness (QED) is 0.510. The second kappa shape index (κ2) is 5.92. The molecule has 2 rings (SSSR count). The van der Waals surface area contributed by atoms with E-state index in [-0.39, 0.29) is 22.9 Å². The average Bonchev–Trinajstić information content (AvgIpc) is 2.35. The maximum absolute atomic E-state index is 12.1. The molecule has 0 unspecified atom stereocenters. The fourth-order valence-electron chi connectivity index (χ4n) is 1.86. The number of aryl methyl sites for hydroxylation is 2. The Morgan fingerprint density at radius 1 is 1.35 bits per heavy atom. The first kappa shape index (κ1) is 14.3. The lowest BCUT2D eigenvalue weighted by Gasteiger charge is -2.06. The second-order valence-electron chi connectivity index (χ2n) is 4.51. The summed E-state index contributed by atoms with van der Waals surface area (Å²) in [5.74, 6) is 0.351. The number of aromatic nitrogens is 2. The van der Waals surface area contributed by atoms with Gasteiger partial charge >= 0.3 is 0 Å². The molecular formula is C14H15N3O2S. The molecule has 0 saturated carbocycles. The van der Waals surface area contributed by atoms with Crippen LogP contribution < -0.4 is 11.3 Å². The molecule has 20 heavy (non-hydrogen) atoms. The molecule has 0 atom stereocenters. The van der Waals surface area contributed by atoms with Gasteiger partial charge < -0.3 is 10.7 Å². The van der Waals surface area contributed by atoms with E-state index in [1.165, 1.54) is 17.8 Å². The highest BCUT2D eigenvalue weighted by Crippen LogP contribution is 2.17. The first-order valence-electron chi connectivity index (χ1n) is 6.06. The molecule has 0 amide bonds. The molecule has 104 valence electrons. The summed E-state index contributed by atoms with van der Waals surface area (Å²) in [6.07, 6.45) is 0. The van der Waals surface area contributed by atoms with E-state index in [0.717, 1.165) is 11.1 Å². The highest BCUT2D eigenvalue weighted by molar-refractivity contribution is 7.99. The predicted molar refractivity (Wildman–Crippen MR) is 80.2 cm³/mol.